The number of ether oxygens (including phenoxy) is 2. The Labute approximate surface area is 331 Å². The van der Waals surface area contributed by atoms with Gasteiger partial charge in [0.05, 0.1) is 12.1 Å². The van der Waals surface area contributed by atoms with Gasteiger partial charge in [-0.15, -0.1) is 0 Å². The summed E-state index contributed by atoms with van der Waals surface area (Å²) in [7, 11) is 0. The molecule has 58 heavy (non-hydrogen) atoms. The number of alkyl halides is 6. The molecule has 0 spiro atoms. The molecule has 2 aromatic carbocycles. The van der Waals surface area contributed by atoms with E-state index in [0.29, 0.717) is 61.0 Å². The summed E-state index contributed by atoms with van der Waals surface area (Å²) in [5.41, 5.74) is 2.61. The van der Waals surface area contributed by atoms with E-state index in [-0.39, 0.29) is 37.9 Å². The summed E-state index contributed by atoms with van der Waals surface area (Å²) in [5, 5.41) is 0. The number of carbonyl (C=O) groups excluding carboxylic acids is 2. The van der Waals surface area contributed by atoms with Crippen LogP contribution in [0.4, 0.5) is 35.1 Å². The van der Waals surface area contributed by atoms with E-state index in [0.717, 1.165) is 0 Å². The van der Waals surface area contributed by atoms with Crippen molar-refractivity contribution in [2.45, 2.75) is 88.0 Å². The largest absolute Gasteiger partial charge is 0.389 e. The molecule has 2 fully saturated rings. The lowest BCUT2D eigenvalue weighted by Gasteiger charge is -2.35. The maximum absolute atomic E-state index is 13.5. The van der Waals surface area contributed by atoms with Crippen molar-refractivity contribution in [1.29, 1.82) is 0 Å². The standard InChI is InChI=1S/2C21H22F4N2O2/c2*22-17-8-6-15(7-9-17)19(27-12-2-5-18(27)28)20(16-4-1-11-26-14-16)29-13-3-10-21(23,24)25/h2*1,4,6-9,11,14,19-20H,2-3,5,10,12-13H2/t2*19-,20+/m10/s1. The topological polar surface area (TPSA) is 84.9 Å². The molecular formula is C42H44F8N4O4. The van der Waals surface area contributed by atoms with Gasteiger partial charge in [-0.25, -0.2) is 8.78 Å². The number of halogens is 8. The first-order chi connectivity index (χ1) is 27.7. The monoisotopic (exact) mass is 820 g/mol. The van der Waals surface area contributed by atoms with Gasteiger partial charge < -0.3 is 19.3 Å². The summed E-state index contributed by atoms with van der Waals surface area (Å²) in [5.74, 6) is -0.951. The van der Waals surface area contributed by atoms with Gasteiger partial charge >= 0.3 is 12.4 Å². The highest BCUT2D eigenvalue weighted by Gasteiger charge is 2.38. The molecule has 0 unspecified atom stereocenters. The zero-order valence-corrected chi connectivity index (χ0v) is 31.5. The van der Waals surface area contributed by atoms with Gasteiger partial charge in [0.15, 0.2) is 0 Å². The number of amides is 2. The third-order valence-electron chi connectivity index (χ3n) is 9.72. The van der Waals surface area contributed by atoms with Crippen LogP contribution in [0, 0.1) is 11.6 Å². The average Bonchev–Trinajstić information content (AvgIpc) is 3.82. The molecule has 312 valence electrons. The highest BCUT2D eigenvalue weighted by molar-refractivity contribution is 5.79. The zero-order chi connectivity index (χ0) is 41.7. The minimum Gasteiger partial charge on any atom is -0.371 e. The van der Waals surface area contributed by atoms with Crippen LogP contribution in [0.15, 0.2) is 97.6 Å². The van der Waals surface area contributed by atoms with Crippen molar-refractivity contribution in [3.05, 3.63) is 131 Å². The van der Waals surface area contributed by atoms with Crippen LogP contribution >= 0.6 is 0 Å². The number of benzene rings is 2. The second-order valence-corrected chi connectivity index (χ2v) is 14.0. The fraction of sp³-hybridized carbons (Fsp3) is 0.429. The molecule has 6 rings (SSSR count). The fourth-order valence-electron chi connectivity index (χ4n) is 7.08. The fourth-order valence-corrected chi connectivity index (χ4v) is 7.08. The number of likely N-dealkylation sites (tertiary alicyclic amines) is 2. The third kappa shape index (κ3) is 13.0. The number of nitrogens with zero attached hydrogens (tertiary/aromatic N) is 4. The Morgan fingerprint density at radius 1 is 0.569 bits per heavy atom. The van der Waals surface area contributed by atoms with Crippen molar-refractivity contribution in [3.63, 3.8) is 0 Å². The molecule has 0 bridgehead atoms. The number of aromatic nitrogens is 2. The highest BCUT2D eigenvalue weighted by Crippen LogP contribution is 2.41. The summed E-state index contributed by atoms with van der Waals surface area (Å²) in [4.78, 5) is 36.5. The molecule has 0 aliphatic carbocycles. The number of pyridine rings is 2. The lowest BCUT2D eigenvalue weighted by atomic mass is 9.95. The molecule has 16 heteroatoms. The predicted octanol–water partition coefficient (Wildman–Crippen LogP) is 9.97. The SMILES string of the molecule is O=C1CCCN1[C@@H](c1ccc(F)cc1)[C@H](OCCCC(F)(F)F)c1cccnc1.O=C1CCCN1[C@H](c1ccc(F)cc1)[C@@H](OCCCC(F)(F)F)c1cccnc1. The van der Waals surface area contributed by atoms with Gasteiger partial charge in [0.25, 0.3) is 0 Å². The maximum Gasteiger partial charge on any atom is 0.389 e. The summed E-state index contributed by atoms with van der Waals surface area (Å²) in [6.45, 7) is 0.755. The van der Waals surface area contributed by atoms with E-state index < -0.39 is 61.1 Å². The molecule has 0 saturated carbocycles. The van der Waals surface area contributed by atoms with Gasteiger partial charge in [-0.2, -0.15) is 26.3 Å². The molecule has 4 atom stereocenters. The molecule has 4 aromatic rings. The summed E-state index contributed by atoms with van der Waals surface area (Å²) < 4.78 is 114. The van der Waals surface area contributed by atoms with Crippen molar-refractivity contribution in [3.8, 4) is 0 Å². The molecular weight excluding hydrogens is 776 g/mol. The van der Waals surface area contributed by atoms with Crippen molar-refractivity contribution in [2.75, 3.05) is 26.3 Å². The lowest BCUT2D eigenvalue weighted by Crippen LogP contribution is -2.35. The number of carbonyl (C=O) groups is 2. The Morgan fingerprint density at radius 2 is 0.948 bits per heavy atom. The van der Waals surface area contributed by atoms with E-state index in [9.17, 15) is 44.7 Å². The minimum atomic E-state index is -4.26. The average molecular weight is 821 g/mol. The van der Waals surface area contributed by atoms with Crippen LogP contribution in [0.1, 0.15) is 97.9 Å². The van der Waals surface area contributed by atoms with E-state index in [1.165, 1.54) is 24.3 Å². The molecule has 2 amide bonds. The Morgan fingerprint density at radius 3 is 1.24 bits per heavy atom. The van der Waals surface area contributed by atoms with Crippen molar-refractivity contribution >= 4 is 11.8 Å². The lowest BCUT2D eigenvalue weighted by molar-refractivity contribution is -0.142. The van der Waals surface area contributed by atoms with Crippen LogP contribution < -0.4 is 0 Å². The van der Waals surface area contributed by atoms with Crippen LogP contribution in [0.3, 0.4) is 0 Å². The predicted molar refractivity (Wildman–Crippen MR) is 197 cm³/mol. The van der Waals surface area contributed by atoms with Gasteiger partial charge in [0, 0.05) is 87.9 Å². The van der Waals surface area contributed by atoms with Crippen molar-refractivity contribution < 1.29 is 54.2 Å². The summed E-state index contributed by atoms with van der Waals surface area (Å²) in [6.07, 6.45) is -3.75. The first kappa shape index (κ1) is 44.1. The molecule has 0 radical (unpaired) electrons. The molecule has 0 N–H and O–H groups in total. The first-order valence-electron chi connectivity index (χ1n) is 19.0. The highest BCUT2D eigenvalue weighted by atomic mass is 19.4. The molecule has 4 heterocycles. The van der Waals surface area contributed by atoms with E-state index in [4.69, 9.17) is 9.47 Å². The zero-order valence-electron chi connectivity index (χ0n) is 31.5. The number of hydrogen-bond donors (Lipinski definition) is 0. The van der Waals surface area contributed by atoms with Gasteiger partial charge in [-0.1, -0.05) is 36.4 Å². The van der Waals surface area contributed by atoms with Crippen LogP contribution in [-0.4, -0.2) is 70.2 Å². The molecule has 2 aromatic heterocycles. The van der Waals surface area contributed by atoms with Crippen LogP contribution in [0.5, 0.6) is 0 Å². The van der Waals surface area contributed by atoms with Gasteiger partial charge in [-0.05, 0) is 73.2 Å². The van der Waals surface area contributed by atoms with Crippen LogP contribution in [-0.2, 0) is 19.1 Å². The van der Waals surface area contributed by atoms with Crippen molar-refractivity contribution in [2.24, 2.45) is 0 Å². The number of rotatable bonds is 16. The van der Waals surface area contributed by atoms with Gasteiger partial charge in [-0.3, -0.25) is 19.6 Å². The Kier molecular flexibility index (Phi) is 15.7. The van der Waals surface area contributed by atoms with Crippen molar-refractivity contribution in [1.82, 2.24) is 19.8 Å². The first-order valence-corrected chi connectivity index (χ1v) is 19.0. The normalized spacial score (nSPS) is 16.8. The van der Waals surface area contributed by atoms with E-state index in [1.54, 1.807) is 83.1 Å². The summed E-state index contributed by atoms with van der Waals surface area (Å²) >= 11 is 0. The Hall–Kier alpha value is -4.96. The Balaban J connectivity index is 0.000000221. The Bertz CT molecular complexity index is 1730. The molecule has 2 aliphatic heterocycles. The van der Waals surface area contributed by atoms with E-state index >= 15 is 0 Å². The maximum atomic E-state index is 13.5. The quantitative estimate of drug-likeness (QED) is 0.0827. The number of hydrogen-bond acceptors (Lipinski definition) is 6. The van der Waals surface area contributed by atoms with Gasteiger partial charge in [0.1, 0.15) is 23.8 Å². The van der Waals surface area contributed by atoms with Crippen LogP contribution in [0.25, 0.3) is 0 Å². The van der Waals surface area contributed by atoms with Gasteiger partial charge in [0.2, 0.25) is 11.8 Å². The third-order valence-corrected chi connectivity index (χ3v) is 9.72. The molecule has 2 saturated heterocycles. The molecule has 2 aliphatic rings. The van der Waals surface area contributed by atoms with E-state index in [1.807, 2.05) is 0 Å². The van der Waals surface area contributed by atoms with Crippen LogP contribution in [0.2, 0.25) is 0 Å². The molecule has 8 nitrogen and oxygen atoms in total. The second-order valence-electron chi connectivity index (χ2n) is 14.0. The second kappa shape index (κ2) is 20.6. The smallest absolute Gasteiger partial charge is 0.371 e. The minimum absolute atomic E-state index is 0.0629. The van der Waals surface area contributed by atoms with E-state index in [2.05, 4.69) is 9.97 Å². The summed E-state index contributed by atoms with van der Waals surface area (Å²) in [6, 6.07) is 17.3.